The van der Waals surface area contributed by atoms with Crippen molar-refractivity contribution < 1.29 is 23.7 Å². The summed E-state index contributed by atoms with van der Waals surface area (Å²) in [5.74, 6) is 1.36. The fourth-order valence-corrected chi connectivity index (χ4v) is 1.81. The van der Waals surface area contributed by atoms with Gasteiger partial charge in [-0.3, -0.25) is 0 Å². The highest BCUT2D eigenvalue weighted by molar-refractivity contribution is 5.69. The van der Waals surface area contributed by atoms with E-state index in [0.717, 1.165) is 0 Å². The average molecular weight is 326 g/mol. The summed E-state index contributed by atoms with van der Waals surface area (Å²) in [6, 6.07) is 13.6. The van der Waals surface area contributed by atoms with Gasteiger partial charge < -0.3 is 18.9 Å². The van der Waals surface area contributed by atoms with Crippen molar-refractivity contribution in [3.8, 4) is 23.0 Å². The molecule has 0 radical (unpaired) electrons. The molecule has 0 N–H and O–H groups in total. The minimum Gasteiger partial charge on any atom is -0.486 e. The van der Waals surface area contributed by atoms with Crippen molar-refractivity contribution >= 4 is 6.16 Å². The topological polar surface area (TPSA) is 54.0 Å². The summed E-state index contributed by atoms with van der Waals surface area (Å²) in [5.41, 5.74) is 0. The maximum Gasteiger partial charge on any atom is 0.519 e. The van der Waals surface area contributed by atoms with Gasteiger partial charge in [0, 0.05) is 0 Å². The maximum atomic E-state index is 12.0. The smallest absolute Gasteiger partial charge is 0.486 e. The number of benzene rings is 2. The highest BCUT2D eigenvalue weighted by Gasteiger charge is 2.14. The Hall–Kier alpha value is -3.21. The second-order valence-corrected chi connectivity index (χ2v) is 4.55. The van der Waals surface area contributed by atoms with Crippen LogP contribution in [0.3, 0.4) is 0 Å². The second-order valence-electron chi connectivity index (χ2n) is 4.55. The van der Waals surface area contributed by atoms with Crippen molar-refractivity contribution in [2.45, 2.75) is 0 Å². The van der Waals surface area contributed by atoms with Crippen LogP contribution in [0.5, 0.6) is 23.0 Å². The Bertz CT molecular complexity index is 649. The molecule has 5 heteroatoms. The lowest BCUT2D eigenvalue weighted by atomic mass is 10.3. The molecule has 0 spiro atoms. The van der Waals surface area contributed by atoms with Gasteiger partial charge in [-0.1, -0.05) is 49.6 Å². The van der Waals surface area contributed by atoms with E-state index in [2.05, 4.69) is 13.2 Å². The molecule has 2 aromatic rings. The molecule has 0 fully saturated rings. The fourth-order valence-electron chi connectivity index (χ4n) is 1.81. The predicted molar refractivity (Wildman–Crippen MR) is 90.9 cm³/mol. The first kappa shape index (κ1) is 17.1. The quantitative estimate of drug-likeness (QED) is 0.409. The maximum absolute atomic E-state index is 12.0. The van der Waals surface area contributed by atoms with Crippen molar-refractivity contribution in [1.82, 2.24) is 0 Å². The molecule has 5 nitrogen and oxygen atoms in total. The number of para-hydroxylation sites is 4. The van der Waals surface area contributed by atoms with Crippen molar-refractivity contribution in [2.24, 2.45) is 0 Å². The van der Waals surface area contributed by atoms with E-state index in [9.17, 15) is 4.79 Å². The molecule has 124 valence electrons. The van der Waals surface area contributed by atoms with Crippen LogP contribution in [0.25, 0.3) is 0 Å². The van der Waals surface area contributed by atoms with Gasteiger partial charge in [-0.05, 0) is 24.3 Å². The van der Waals surface area contributed by atoms with Crippen LogP contribution in [0.1, 0.15) is 0 Å². The molecule has 0 heterocycles. The van der Waals surface area contributed by atoms with Gasteiger partial charge in [-0.25, -0.2) is 4.79 Å². The van der Waals surface area contributed by atoms with Gasteiger partial charge in [0.2, 0.25) is 0 Å². The number of carbonyl (C=O) groups is 1. The Labute approximate surface area is 140 Å². The van der Waals surface area contributed by atoms with Gasteiger partial charge in [0.25, 0.3) is 0 Å². The normalized spacial score (nSPS) is 9.67. The SMILES string of the molecule is C=CCOc1ccccc1OC(=O)Oc1ccccc1OCC=C. The van der Waals surface area contributed by atoms with E-state index in [1.165, 1.54) is 0 Å². The minimum absolute atomic E-state index is 0.258. The Balaban J connectivity index is 2.06. The first-order valence-corrected chi connectivity index (χ1v) is 7.29. The van der Waals surface area contributed by atoms with Crippen LogP contribution < -0.4 is 18.9 Å². The summed E-state index contributed by atoms with van der Waals surface area (Å²) in [7, 11) is 0. The molecular formula is C19H18O5. The molecule has 0 saturated carbocycles. The third-order valence-corrected chi connectivity index (χ3v) is 2.80. The Kier molecular flexibility index (Phi) is 6.46. The highest BCUT2D eigenvalue weighted by Crippen LogP contribution is 2.29. The molecule has 0 aromatic heterocycles. The van der Waals surface area contributed by atoms with E-state index in [-0.39, 0.29) is 11.5 Å². The third-order valence-electron chi connectivity index (χ3n) is 2.80. The van der Waals surface area contributed by atoms with Crippen LogP contribution in [0.15, 0.2) is 73.8 Å². The van der Waals surface area contributed by atoms with E-state index in [1.54, 1.807) is 60.7 Å². The molecule has 0 aliphatic rings. The Morgan fingerprint density at radius 1 is 0.750 bits per heavy atom. The zero-order chi connectivity index (χ0) is 17.2. The van der Waals surface area contributed by atoms with E-state index in [0.29, 0.717) is 24.7 Å². The monoisotopic (exact) mass is 326 g/mol. The first-order chi connectivity index (χ1) is 11.7. The number of carbonyl (C=O) groups excluding carboxylic acids is 1. The molecule has 0 aliphatic carbocycles. The molecule has 24 heavy (non-hydrogen) atoms. The molecule has 2 rings (SSSR count). The number of ether oxygens (including phenoxy) is 4. The Morgan fingerprint density at radius 3 is 1.50 bits per heavy atom. The highest BCUT2D eigenvalue weighted by atomic mass is 16.7. The third kappa shape index (κ3) is 4.91. The van der Waals surface area contributed by atoms with Gasteiger partial charge in [-0.15, -0.1) is 0 Å². The number of hydrogen-bond donors (Lipinski definition) is 0. The fraction of sp³-hybridized carbons (Fsp3) is 0.105. The lowest BCUT2D eigenvalue weighted by molar-refractivity contribution is 0.147. The zero-order valence-electron chi connectivity index (χ0n) is 13.1. The van der Waals surface area contributed by atoms with Gasteiger partial charge in [-0.2, -0.15) is 0 Å². The lowest BCUT2D eigenvalue weighted by Gasteiger charge is -2.12. The van der Waals surface area contributed by atoms with Crippen LogP contribution >= 0.6 is 0 Å². The minimum atomic E-state index is -0.890. The van der Waals surface area contributed by atoms with E-state index in [4.69, 9.17) is 18.9 Å². The van der Waals surface area contributed by atoms with Crippen LogP contribution in [0, 0.1) is 0 Å². The molecule has 0 aliphatic heterocycles. The standard InChI is InChI=1S/C19H18O5/c1-3-13-21-15-9-5-7-11-17(15)23-19(20)24-18-12-8-6-10-16(18)22-14-4-2/h3-12H,1-2,13-14H2. The van der Waals surface area contributed by atoms with Crippen molar-refractivity contribution in [2.75, 3.05) is 13.2 Å². The summed E-state index contributed by atoms with van der Waals surface area (Å²) in [5, 5.41) is 0. The summed E-state index contributed by atoms with van der Waals surface area (Å²) < 4.78 is 21.3. The predicted octanol–water partition coefficient (Wildman–Crippen LogP) is 4.39. The van der Waals surface area contributed by atoms with Crippen LogP contribution in [0.4, 0.5) is 4.79 Å². The van der Waals surface area contributed by atoms with Gasteiger partial charge in [0.05, 0.1) is 0 Å². The lowest BCUT2D eigenvalue weighted by Crippen LogP contribution is -2.15. The summed E-state index contributed by atoms with van der Waals surface area (Å²) >= 11 is 0. The molecule has 0 amide bonds. The summed E-state index contributed by atoms with van der Waals surface area (Å²) in [6.45, 7) is 7.75. The molecule has 2 aromatic carbocycles. The molecule has 0 unspecified atom stereocenters. The number of hydrogen-bond acceptors (Lipinski definition) is 5. The van der Waals surface area contributed by atoms with Gasteiger partial charge in [0.15, 0.2) is 23.0 Å². The van der Waals surface area contributed by atoms with Gasteiger partial charge >= 0.3 is 6.16 Å². The van der Waals surface area contributed by atoms with E-state index in [1.807, 2.05) is 0 Å². The van der Waals surface area contributed by atoms with Crippen LogP contribution in [-0.2, 0) is 0 Å². The number of rotatable bonds is 8. The first-order valence-electron chi connectivity index (χ1n) is 7.29. The molecular weight excluding hydrogens is 308 g/mol. The molecule has 0 bridgehead atoms. The Morgan fingerprint density at radius 2 is 1.12 bits per heavy atom. The largest absolute Gasteiger partial charge is 0.519 e. The summed E-state index contributed by atoms with van der Waals surface area (Å²) in [6.07, 6.45) is 2.31. The van der Waals surface area contributed by atoms with E-state index >= 15 is 0 Å². The van der Waals surface area contributed by atoms with Crippen LogP contribution in [0.2, 0.25) is 0 Å². The van der Waals surface area contributed by atoms with E-state index < -0.39 is 6.16 Å². The van der Waals surface area contributed by atoms with Gasteiger partial charge in [0.1, 0.15) is 13.2 Å². The van der Waals surface area contributed by atoms with Crippen molar-refractivity contribution in [3.63, 3.8) is 0 Å². The zero-order valence-corrected chi connectivity index (χ0v) is 13.1. The molecule has 0 atom stereocenters. The van der Waals surface area contributed by atoms with Crippen LogP contribution in [-0.4, -0.2) is 19.4 Å². The second kappa shape index (κ2) is 9.05. The molecule has 0 saturated heterocycles. The average Bonchev–Trinajstić information content (AvgIpc) is 2.60. The summed E-state index contributed by atoms with van der Waals surface area (Å²) in [4.78, 5) is 12.0. The van der Waals surface area contributed by atoms with Crippen molar-refractivity contribution in [3.05, 3.63) is 73.8 Å². The van der Waals surface area contributed by atoms with Crippen molar-refractivity contribution in [1.29, 1.82) is 0 Å².